The van der Waals surface area contributed by atoms with Gasteiger partial charge in [-0.2, -0.15) is 0 Å². The van der Waals surface area contributed by atoms with Crippen LogP contribution in [0.3, 0.4) is 0 Å². The standard InChI is InChI=1S/C20H35N5O3.HI/c1-4-21-20(22-8-5-10-27-13-12-26-3)24-15-18-6-7-19(23-14-18)25-9-11-28-17(2)16-25;/h6-7,14,17H,4-5,8-13,15-16H2,1-3H3,(H2,21,22,24);1H. The molecule has 0 bridgehead atoms. The molecule has 0 amide bonds. The largest absolute Gasteiger partial charge is 0.382 e. The minimum atomic E-state index is 0. The lowest BCUT2D eigenvalue weighted by molar-refractivity contribution is 0.0529. The van der Waals surface area contributed by atoms with Gasteiger partial charge in [-0.05, 0) is 31.9 Å². The third kappa shape index (κ3) is 10.4. The molecule has 29 heavy (non-hydrogen) atoms. The van der Waals surface area contributed by atoms with Gasteiger partial charge in [-0.15, -0.1) is 24.0 Å². The molecule has 1 aliphatic heterocycles. The molecular weight excluding hydrogens is 485 g/mol. The molecule has 2 N–H and O–H groups in total. The van der Waals surface area contributed by atoms with Gasteiger partial charge in [0.1, 0.15) is 5.82 Å². The van der Waals surface area contributed by atoms with Crippen molar-refractivity contribution in [3.8, 4) is 0 Å². The highest BCUT2D eigenvalue weighted by Gasteiger charge is 2.17. The van der Waals surface area contributed by atoms with Gasteiger partial charge < -0.3 is 29.7 Å². The number of morpholine rings is 1. The first-order valence-corrected chi connectivity index (χ1v) is 10.1. The molecule has 0 aliphatic carbocycles. The first-order valence-electron chi connectivity index (χ1n) is 10.1. The summed E-state index contributed by atoms with van der Waals surface area (Å²) < 4.78 is 16.0. The monoisotopic (exact) mass is 521 g/mol. The SMILES string of the molecule is CCNC(=NCc1ccc(N2CCOC(C)C2)nc1)NCCCOCCOC.I. The van der Waals surface area contributed by atoms with Gasteiger partial charge in [-0.25, -0.2) is 9.98 Å². The molecule has 2 heterocycles. The molecule has 1 aliphatic rings. The zero-order chi connectivity index (χ0) is 20.0. The van der Waals surface area contributed by atoms with Crippen molar-refractivity contribution in [3.05, 3.63) is 23.9 Å². The van der Waals surface area contributed by atoms with Crippen LogP contribution in [-0.4, -0.2) is 76.8 Å². The van der Waals surface area contributed by atoms with Crippen LogP contribution in [0.2, 0.25) is 0 Å². The molecule has 166 valence electrons. The van der Waals surface area contributed by atoms with Crippen molar-refractivity contribution >= 4 is 35.8 Å². The van der Waals surface area contributed by atoms with E-state index in [1.54, 1.807) is 7.11 Å². The van der Waals surface area contributed by atoms with E-state index in [4.69, 9.17) is 14.2 Å². The Balaban J connectivity index is 0.00000420. The molecule has 1 aromatic heterocycles. The number of nitrogens with zero attached hydrogens (tertiary/aromatic N) is 3. The number of hydrogen-bond donors (Lipinski definition) is 2. The average Bonchev–Trinajstić information content (AvgIpc) is 2.71. The van der Waals surface area contributed by atoms with E-state index >= 15 is 0 Å². The van der Waals surface area contributed by atoms with Crippen molar-refractivity contribution in [1.82, 2.24) is 15.6 Å². The van der Waals surface area contributed by atoms with E-state index < -0.39 is 0 Å². The summed E-state index contributed by atoms with van der Waals surface area (Å²) in [5, 5.41) is 6.60. The van der Waals surface area contributed by atoms with Gasteiger partial charge in [0.25, 0.3) is 0 Å². The molecule has 1 fully saturated rings. The first-order chi connectivity index (χ1) is 13.7. The third-order valence-corrected chi connectivity index (χ3v) is 4.33. The highest BCUT2D eigenvalue weighted by Crippen LogP contribution is 2.15. The van der Waals surface area contributed by atoms with Gasteiger partial charge in [0.15, 0.2) is 5.96 Å². The Hall–Kier alpha value is -1.17. The van der Waals surface area contributed by atoms with Gasteiger partial charge in [-0.3, -0.25) is 0 Å². The Morgan fingerprint density at radius 1 is 1.31 bits per heavy atom. The number of nitrogens with one attached hydrogen (secondary N) is 2. The fourth-order valence-electron chi connectivity index (χ4n) is 2.86. The number of aromatic nitrogens is 1. The van der Waals surface area contributed by atoms with Crippen LogP contribution >= 0.6 is 24.0 Å². The molecule has 1 saturated heterocycles. The average molecular weight is 521 g/mol. The van der Waals surface area contributed by atoms with E-state index in [1.165, 1.54) is 0 Å². The molecule has 1 aromatic rings. The molecule has 1 unspecified atom stereocenters. The van der Waals surface area contributed by atoms with E-state index in [0.29, 0.717) is 26.4 Å². The normalized spacial score (nSPS) is 17.0. The van der Waals surface area contributed by atoms with Gasteiger partial charge in [0.05, 0.1) is 32.5 Å². The molecule has 0 aromatic carbocycles. The van der Waals surface area contributed by atoms with Gasteiger partial charge in [-0.1, -0.05) is 6.07 Å². The molecule has 9 heteroatoms. The van der Waals surface area contributed by atoms with E-state index in [0.717, 1.165) is 56.5 Å². The maximum Gasteiger partial charge on any atom is 0.191 e. The second kappa shape index (κ2) is 15.6. The van der Waals surface area contributed by atoms with Crippen LogP contribution in [0, 0.1) is 0 Å². The van der Waals surface area contributed by atoms with E-state index in [2.05, 4.69) is 51.5 Å². The maximum atomic E-state index is 5.59. The number of rotatable bonds is 11. The second-order valence-electron chi connectivity index (χ2n) is 6.73. The summed E-state index contributed by atoms with van der Waals surface area (Å²) in [5.41, 5.74) is 1.09. The number of anilines is 1. The van der Waals surface area contributed by atoms with Crippen molar-refractivity contribution in [3.63, 3.8) is 0 Å². The van der Waals surface area contributed by atoms with Crippen LogP contribution < -0.4 is 15.5 Å². The minimum Gasteiger partial charge on any atom is -0.382 e. The van der Waals surface area contributed by atoms with Crippen molar-refractivity contribution in [2.45, 2.75) is 32.9 Å². The zero-order valence-corrected chi connectivity index (χ0v) is 20.2. The van der Waals surface area contributed by atoms with Crippen LogP contribution in [0.15, 0.2) is 23.3 Å². The van der Waals surface area contributed by atoms with Crippen molar-refractivity contribution < 1.29 is 14.2 Å². The molecule has 0 spiro atoms. The van der Waals surface area contributed by atoms with Crippen LogP contribution in [0.25, 0.3) is 0 Å². The molecule has 2 rings (SSSR count). The summed E-state index contributed by atoms with van der Waals surface area (Å²) in [6.45, 7) is 10.9. The predicted molar refractivity (Wildman–Crippen MR) is 127 cm³/mol. The smallest absolute Gasteiger partial charge is 0.191 e. The third-order valence-electron chi connectivity index (χ3n) is 4.33. The Kier molecular flexibility index (Phi) is 14.0. The highest BCUT2D eigenvalue weighted by molar-refractivity contribution is 14.0. The number of aliphatic imine (C=N–C) groups is 1. The Morgan fingerprint density at radius 2 is 2.17 bits per heavy atom. The fourth-order valence-corrected chi connectivity index (χ4v) is 2.86. The van der Waals surface area contributed by atoms with E-state index in [9.17, 15) is 0 Å². The molecule has 0 saturated carbocycles. The van der Waals surface area contributed by atoms with E-state index in [1.807, 2.05) is 6.20 Å². The van der Waals surface area contributed by atoms with Gasteiger partial charge >= 0.3 is 0 Å². The highest BCUT2D eigenvalue weighted by atomic mass is 127. The summed E-state index contributed by atoms with van der Waals surface area (Å²) in [4.78, 5) is 11.5. The lowest BCUT2D eigenvalue weighted by Crippen LogP contribution is -2.41. The van der Waals surface area contributed by atoms with Crippen molar-refractivity contribution in [2.24, 2.45) is 4.99 Å². The maximum absolute atomic E-state index is 5.59. The Bertz CT molecular complexity index is 574. The van der Waals surface area contributed by atoms with Crippen molar-refractivity contribution in [1.29, 1.82) is 0 Å². The summed E-state index contributed by atoms with van der Waals surface area (Å²) in [6, 6.07) is 4.17. The number of halogens is 1. The zero-order valence-electron chi connectivity index (χ0n) is 17.9. The Morgan fingerprint density at radius 3 is 2.86 bits per heavy atom. The number of guanidine groups is 1. The quantitative estimate of drug-likeness (QED) is 0.200. The Labute approximate surface area is 191 Å². The first kappa shape index (κ1) is 25.9. The molecule has 8 nitrogen and oxygen atoms in total. The molecule has 0 radical (unpaired) electrons. The number of hydrogen-bond acceptors (Lipinski definition) is 6. The van der Waals surface area contributed by atoms with Gasteiger partial charge in [0, 0.05) is 46.1 Å². The summed E-state index contributed by atoms with van der Waals surface area (Å²) in [6.07, 6.45) is 3.08. The summed E-state index contributed by atoms with van der Waals surface area (Å²) in [7, 11) is 1.68. The number of methoxy groups -OCH3 is 1. The number of ether oxygens (including phenoxy) is 3. The summed E-state index contributed by atoms with van der Waals surface area (Å²) in [5.74, 6) is 1.81. The molecule has 1 atom stereocenters. The summed E-state index contributed by atoms with van der Waals surface area (Å²) >= 11 is 0. The van der Waals surface area contributed by atoms with Crippen LogP contribution in [0.5, 0.6) is 0 Å². The lowest BCUT2D eigenvalue weighted by atomic mass is 10.2. The lowest BCUT2D eigenvalue weighted by Gasteiger charge is -2.32. The number of pyridine rings is 1. The van der Waals surface area contributed by atoms with Crippen LogP contribution in [0.1, 0.15) is 25.8 Å². The van der Waals surface area contributed by atoms with Crippen LogP contribution in [-0.2, 0) is 20.8 Å². The van der Waals surface area contributed by atoms with E-state index in [-0.39, 0.29) is 30.1 Å². The van der Waals surface area contributed by atoms with Crippen molar-refractivity contribution in [2.75, 3.05) is 64.6 Å². The predicted octanol–water partition coefficient (Wildman–Crippen LogP) is 2.03. The topological polar surface area (TPSA) is 80.2 Å². The minimum absolute atomic E-state index is 0. The van der Waals surface area contributed by atoms with Gasteiger partial charge in [0.2, 0.25) is 0 Å². The second-order valence-corrected chi connectivity index (χ2v) is 6.73. The molecular formula is C20H36IN5O3. The van der Waals surface area contributed by atoms with Crippen LogP contribution in [0.4, 0.5) is 5.82 Å². The fraction of sp³-hybridized carbons (Fsp3) is 0.700.